The van der Waals surface area contributed by atoms with Gasteiger partial charge in [0.05, 0.1) is 17.3 Å². The predicted molar refractivity (Wildman–Crippen MR) is 105 cm³/mol. The summed E-state index contributed by atoms with van der Waals surface area (Å²) in [6.45, 7) is 1.62. The van der Waals surface area contributed by atoms with Crippen molar-refractivity contribution in [3.05, 3.63) is 61.8 Å². The summed E-state index contributed by atoms with van der Waals surface area (Å²) in [6.07, 6.45) is 0.635. The second kappa shape index (κ2) is 7.36. The lowest BCUT2D eigenvalue weighted by Gasteiger charge is -2.15. The maximum Gasteiger partial charge on any atom is 0.332 e. The van der Waals surface area contributed by atoms with E-state index in [0.717, 1.165) is 9.04 Å². The van der Waals surface area contributed by atoms with Crippen molar-refractivity contribution in [3.63, 3.8) is 0 Å². The van der Waals surface area contributed by atoms with Gasteiger partial charge in [-0.1, -0.05) is 15.9 Å². The molecule has 9 heteroatoms. The Morgan fingerprint density at radius 1 is 1.19 bits per heavy atom. The third-order valence-corrected chi connectivity index (χ3v) is 4.59. The van der Waals surface area contributed by atoms with Gasteiger partial charge in [0.1, 0.15) is 11.4 Å². The number of pyridine rings is 1. The predicted octanol–water partition coefficient (Wildman–Crippen LogP) is 1.80. The molecule has 8 nitrogen and oxygen atoms in total. The molecule has 0 saturated heterocycles. The number of nitrogens with zero attached hydrogens (tertiary/aromatic N) is 3. The molecular formula is C18H17BrN4O4. The van der Waals surface area contributed by atoms with Crippen molar-refractivity contribution in [3.8, 4) is 5.75 Å². The molecule has 140 valence electrons. The Labute approximate surface area is 162 Å². The summed E-state index contributed by atoms with van der Waals surface area (Å²) in [5, 5.41) is 2.91. The highest BCUT2D eigenvalue weighted by atomic mass is 79.9. The Morgan fingerprint density at radius 3 is 2.52 bits per heavy atom. The fourth-order valence-corrected chi connectivity index (χ4v) is 2.81. The molecule has 1 aromatic carbocycles. The van der Waals surface area contributed by atoms with Crippen molar-refractivity contribution in [2.75, 3.05) is 5.32 Å². The average molecular weight is 433 g/mol. The van der Waals surface area contributed by atoms with Crippen LogP contribution in [-0.4, -0.2) is 26.1 Å². The average Bonchev–Trinajstić information content (AvgIpc) is 2.66. The zero-order chi connectivity index (χ0) is 19.7. The van der Waals surface area contributed by atoms with E-state index in [4.69, 9.17) is 4.74 Å². The van der Waals surface area contributed by atoms with Crippen LogP contribution in [0.5, 0.6) is 5.75 Å². The molecule has 3 rings (SSSR count). The van der Waals surface area contributed by atoms with E-state index in [2.05, 4.69) is 26.2 Å². The van der Waals surface area contributed by atoms with Crippen LogP contribution in [0.25, 0.3) is 11.0 Å². The van der Waals surface area contributed by atoms with Gasteiger partial charge >= 0.3 is 5.69 Å². The zero-order valence-electron chi connectivity index (χ0n) is 14.9. The lowest BCUT2D eigenvalue weighted by Crippen LogP contribution is -2.37. The number of anilines is 1. The van der Waals surface area contributed by atoms with Crippen LogP contribution in [0.15, 0.2) is 50.6 Å². The van der Waals surface area contributed by atoms with Crippen molar-refractivity contribution in [1.29, 1.82) is 0 Å². The number of hydrogen-bond acceptors (Lipinski definition) is 5. The number of nitrogens with one attached hydrogen (secondary N) is 1. The first-order chi connectivity index (χ1) is 12.8. The number of carbonyl (C=O) groups excluding carboxylic acids is 1. The minimum absolute atomic E-state index is 0.235. The molecule has 27 heavy (non-hydrogen) atoms. The van der Waals surface area contributed by atoms with Gasteiger partial charge in [0.25, 0.3) is 11.5 Å². The highest BCUT2D eigenvalue weighted by molar-refractivity contribution is 9.10. The smallest absolute Gasteiger partial charge is 0.332 e. The molecule has 0 fully saturated rings. The number of fused-ring (bicyclic) bond motifs is 1. The summed E-state index contributed by atoms with van der Waals surface area (Å²) in [4.78, 5) is 40.8. The first kappa shape index (κ1) is 18.8. The molecule has 1 unspecified atom stereocenters. The van der Waals surface area contributed by atoms with E-state index < -0.39 is 17.4 Å². The van der Waals surface area contributed by atoms with Gasteiger partial charge in [-0.2, -0.15) is 0 Å². The highest BCUT2D eigenvalue weighted by Crippen LogP contribution is 2.18. The Kier molecular flexibility index (Phi) is 5.13. The number of ether oxygens (including phenoxy) is 1. The number of aryl methyl sites for hydroxylation is 1. The minimum Gasteiger partial charge on any atom is -0.481 e. The first-order valence-corrected chi connectivity index (χ1v) is 8.86. The van der Waals surface area contributed by atoms with Crippen molar-refractivity contribution >= 4 is 38.6 Å². The molecule has 2 aromatic heterocycles. The van der Waals surface area contributed by atoms with Gasteiger partial charge < -0.3 is 10.1 Å². The van der Waals surface area contributed by atoms with Crippen LogP contribution in [0.4, 0.5) is 5.69 Å². The molecule has 0 spiro atoms. The molecule has 0 bridgehead atoms. The van der Waals surface area contributed by atoms with Gasteiger partial charge in [-0.3, -0.25) is 18.7 Å². The molecule has 0 aliphatic rings. The van der Waals surface area contributed by atoms with E-state index in [1.54, 1.807) is 19.1 Å². The molecule has 1 N–H and O–H groups in total. The zero-order valence-corrected chi connectivity index (χ0v) is 16.5. The highest BCUT2D eigenvalue weighted by Gasteiger charge is 2.16. The molecule has 0 saturated carbocycles. The van der Waals surface area contributed by atoms with Gasteiger partial charge in [-0.15, -0.1) is 0 Å². The van der Waals surface area contributed by atoms with Gasteiger partial charge in [0.15, 0.2) is 6.10 Å². The minimum atomic E-state index is -0.759. The number of amides is 1. The van der Waals surface area contributed by atoms with E-state index in [0.29, 0.717) is 11.4 Å². The Balaban J connectivity index is 1.83. The molecule has 0 aliphatic carbocycles. The van der Waals surface area contributed by atoms with Gasteiger partial charge in [0.2, 0.25) is 0 Å². The van der Waals surface area contributed by atoms with Gasteiger partial charge in [-0.25, -0.2) is 9.78 Å². The van der Waals surface area contributed by atoms with Crippen molar-refractivity contribution in [2.45, 2.75) is 13.0 Å². The van der Waals surface area contributed by atoms with Gasteiger partial charge in [-0.05, 0) is 37.3 Å². The van der Waals surface area contributed by atoms with Gasteiger partial charge in [0, 0.05) is 18.6 Å². The van der Waals surface area contributed by atoms with E-state index in [1.165, 1.54) is 30.9 Å². The molecular weight excluding hydrogens is 416 g/mol. The van der Waals surface area contributed by atoms with Crippen molar-refractivity contribution in [1.82, 2.24) is 14.1 Å². The Hall–Kier alpha value is -2.94. The third kappa shape index (κ3) is 3.77. The quantitative estimate of drug-likeness (QED) is 0.677. The van der Waals surface area contributed by atoms with Crippen molar-refractivity contribution < 1.29 is 9.53 Å². The van der Waals surface area contributed by atoms with Crippen LogP contribution in [0.2, 0.25) is 0 Å². The van der Waals surface area contributed by atoms with Crippen LogP contribution in [0.3, 0.4) is 0 Å². The van der Waals surface area contributed by atoms with Crippen LogP contribution in [0.1, 0.15) is 6.92 Å². The van der Waals surface area contributed by atoms with E-state index in [9.17, 15) is 14.4 Å². The monoisotopic (exact) mass is 432 g/mol. The Morgan fingerprint density at radius 2 is 1.85 bits per heavy atom. The molecule has 1 amide bonds. The summed E-state index contributed by atoms with van der Waals surface area (Å²) in [7, 11) is 2.92. The van der Waals surface area contributed by atoms with Crippen LogP contribution >= 0.6 is 15.9 Å². The molecule has 1 atom stereocenters. The van der Waals surface area contributed by atoms with Crippen molar-refractivity contribution in [2.24, 2.45) is 14.1 Å². The number of aromatic nitrogens is 3. The molecule has 3 aromatic rings. The summed E-state index contributed by atoms with van der Waals surface area (Å²) < 4.78 is 8.79. The third-order valence-electron chi connectivity index (χ3n) is 4.06. The second-order valence-electron chi connectivity index (χ2n) is 6.00. The van der Waals surface area contributed by atoms with E-state index in [-0.39, 0.29) is 16.9 Å². The molecule has 2 heterocycles. The SMILES string of the molecule is CC(Oc1ccc(Br)cc1)C(=O)Nc1cnc2c(c1)c(=O)n(C)c(=O)n2C. The fraction of sp³-hybridized carbons (Fsp3) is 0.222. The summed E-state index contributed by atoms with van der Waals surface area (Å²) in [6, 6.07) is 8.61. The maximum absolute atomic E-state index is 12.4. The maximum atomic E-state index is 12.4. The largest absolute Gasteiger partial charge is 0.481 e. The number of benzene rings is 1. The second-order valence-corrected chi connectivity index (χ2v) is 6.92. The summed E-state index contributed by atoms with van der Waals surface area (Å²) >= 11 is 3.33. The fourth-order valence-electron chi connectivity index (χ4n) is 2.55. The number of hydrogen-bond donors (Lipinski definition) is 1. The lowest BCUT2D eigenvalue weighted by molar-refractivity contribution is -0.122. The van der Waals surface area contributed by atoms with E-state index in [1.807, 2.05) is 12.1 Å². The number of rotatable bonds is 4. The van der Waals surface area contributed by atoms with Crippen LogP contribution in [0, 0.1) is 0 Å². The number of carbonyl (C=O) groups is 1. The summed E-state index contributed by atoms with van der Waals surface area (Å²) in [5.41, 5.74) is -0.348. The summed E-state index contributed by atoms with van der Waals surface area (Å²) in [5.74, 6) is 0.169. The van der Waals surface area contributed by atoms with E-state index >= 15 is 0 Å². The first-order valence-electron chi connectivity index (χ1n) is 8.07. The number of halogens is 1. The lowest BCUT2D eigenvalue weighted by atomic mass is 10.2. The Bertz CT molecular complexity index is 1140. The standard InChI is InChI=1S/C18H17BrN4O4/c1-10(27-13-6-4-11(19)5-7-13)16(24)21-12-8-14-15(20-9-12)22(2)18(26)23(3)17(14)25/h4-10H,1-3H3,(H,21,24). The van der Waals surface area contributed by atoms with Crippen LogP contribution < -0.4 is 21.3 Å². The van der Waals surface area contributed by atoms with Crippen LogP contribution in [-0.2, 0) is 18.9 Å². The topological polar surface area (TPSA) is 95.2 Å². The normalized spacial score (nSPS) is 12.0. The molecule has 0 aliphatic heterocycles. The molecule has 0 radical (unpaired) electrons.